The van der Waals surface area contributed by atoms with Gasteiger partial charge in [0.15, 0.2) is 0 Å². The predicted molar refractivity (Wildman–Crippen MR) is 114 cm³/mol. The van der Waals surface area contributed by atoms with Gasteiger partial charge in [-0.2, -0.15) is 0 Å². The van der Waals surface area contributed by atoms with Crippen LogP contribution in [0.1, 0.15) is 37.5 Å². The molecule has 0 spiro atoms. The molecule has 0 saturated carbocycles. The molecule has 0 atom stereocenters. The zero-order valence-corrected chi connectivity index (χ0v) is 17.3. The molecule has 0 bridgehead atoms. The van der Waals surface area contributed by atoms with E-state index in [1.807, 2.05) is 45.9 Å². The molecule has 3 amide bonds. The summed E-state index contributed by atoms with van der Waals surface area (Å²) in [7, 11) is 0. The largest absolute Gasteiger partial charge is 0.350 e. The van der Waals surface area contributed by atoms with Crippen LogP contribution in [-0.2, 0) is 14.4 Å². The van der Waals surface area contributed by atoms with Gasteiger partial charge in [0.1, 0.15) is 5.70 Å². The highest BCUT2D eigenvalue weighted by Crippen LogP contribution is 2.33. The minimum atomic E-state index is -0.341. The van der Waals surface area contributed by atoms with Gasteiger partial charge >= 0.3 is 0 Å². The smallest absolute Gasteiger partial charge is 0.278 e. The van der Waals surface area contributed by atoms with E-state index in [9.17, 15) is 14.4 Å². The lowest BCUT2D eigenvalue weighted by atomic mass is 10.0. The normalized spacial score (nSPS) is 14.1. The molecule has 1 aliphatic heterocycles. The van der Waals surface area contributed by atoms with E-state index in [0.29, 0.717) is 16.8 Å². The molecule has 0 fully saturated rings. The first-order valence-electron chi connectivity index (χ1n) is 9.54. The van der Waals surface area contributed by atoms with Crippen LogP contribution < -0.4 is 10.6 Å². The predicted octanol–water partition coefficient (Wildman–Crippen LogP) is 3.86. The fourth-order valence-electron chi connectivity index (χ4n) is 3.34. The van der Waals surface area contributed by atoms with Crippen LogP contribution in [0, 0.1) is 13.8 Å². The van der Waals surface area contributed by atoms with Gasteiger partial charge in [-0.1, -0.05) is 24.3 Å². The highest BCUT2D eigenvalue weighted by atomic mass is 16.2. The topological polar surface area (TPSA) is 78.5 Å². The summed E-state index contributed by atoms with van der Waals surface area (Å²) in [6.07, 6.45) is 0. The second-order valence-electron chi connectivity index (χ2n) is 7.46. The number of nitrogens with one attached hydrogen (secondary N) is 2. The van der Waals surface area contributed by atoms with E-state index in [4.69, 9.17) is 0 Å². The maximum Gasteiger partial charge on any atom is 0.278 e. The summed E-state index contributed by atoms with van der Waals surface area (Å²) in [6, 6.07) is 12.4. The summed E-state index contributed by atoms with van der Waals surface area (Å²) in [5.41, 5.74) is 4.75. The van der Waals surface area contributed by atoms with Crippen LogP contribution >= 0.6 is 0 Å². The van der Waals surface area contributed by atoms with Crippen LogP contribution in [0.5, 0.6) is 0 Å². The number of anilines is 2. The Balaban J connectivity index is 2.08. The molecule has 1 aliphatic rings. The Morgan fingerprint density at radius 3 is 2.21 bits per heavy atom. The van der Waals surface area contributed by atoms with Crippen molar-refractivity contribution in [2.75, 3.05) is 10.6 Å². The Morgan fingerprint density at radius 2 is 1.62 bits per heavy atom. The number of benzene rings is 2. The lowest BCUT2D eigenvalue weighted by molar-refractivity contribution is -0.138. The lowest BCUT2D eigenvalue weighted by Gasteiger charge is -2.19. The van der Waals surface area contributed by atoms with Crippen molar-refractivity contribution in [1.29, 1.82) is 0 Å². The number of rotatable bonds is 5. The van der Waals surface area contributed by atoms with Crippen molar-refractivity contribution in [1.82, 2.24) is 4.90 Å². The first-order chi connectivity index (χ1) is 13.7. The molecule has 29 heavy (non-hydrogen) atoms. The number of carbonyl (C=O) groups is 3. The molecule has 0 radical (unpaired) electrons. The van der Waals surface area contributed by atoms with E-state index in [2.05, 4.69) is 10.6 Å². The van der Waals surface area contributed by atoms with E-state index >= 15 is 0 Å². The minimum Gasteiger partial charge on any atom is -0.350 e. The van der Waals surface area contributed by atoms with Crippen LogP contribution in [0.4, 0.5) is 11.4 Å². The van der Waals surface area contributed by atoms with E-state index in [1.54, 1.807) is 24.3 Å². The molecule has 2 aromatic carbocycles. The van der Waals surface area contributed by atoms with E-state index in [-0.39, 0.29) is 29.5 Å². The molecule has 0 aromatic heterocycles. The first kappa shape index (κ1) is 20.3. The molecule has 0 unspecified atom stereocenters. The fourth-order valence-corrected chi connectivity index (χ4v) is 3.34. The summed E-state index contributed by atoms with van der Waals surface area (Å²) in [4.78, 5) is 38.7. The van der Waals surface area contributed by atoms with Gasteiger partial charge in [-0.15, -0.1) is 0 Å². The van der Waals surface area contributed by atoms with E-state index in [0.717, 1.165) is 16.8 Å². The lowest BCUT2D eigenvalue weighted by Crippen LogP contribution is -2.38. The van der Waals surface area contributed by atoms with Gasteiger partial charge in [0, 0.05) is 24.3 Å². The summed E-state index contributed by atoms with van der Waals surface area (Å²) in [6.45, 7) is 9.03. The van der Waals surface area contributed by atoms with Crippen molar-refractivity contribution >= 4 is 34.7 Å². The van der Waals surface area contributed by atoms with Crippen molar-refractivity contribution in [2.45, 2.75) is 40.7 Å². The molecule has 0 aliphatic carbocycles. The Labute approximate surface area is 170 Å². The minimum absolute atomic E-state index is 0.174. The van der Waals surface area contributed by atoms with Crippen LogP contribution in [0.25, 0.3) is 5.57 Å². The number of amides is 3. The zero-order chi connectivity index (χ0) is 21.3. The van der Waals surface area contributed by atoms with Crippen LogP contribution in [0.2, 0.25) is 0 Å². The van der Waals surface area contributed by atoms with Gasteiger partial charge in [0.2, 0.25) is 5.91 Å². The van der Waals surface area contributed by atoms with Gasteiger partial charge in [-0.3, -0.25) is 19.3 Å². The van der Waals surface area contributed by atoms with Crippen LogP contribution in [0.3, 0.4) is 0 Å². The number of imide groups is 1. The Morgan fingerprint density at radius 1 is 0.966 bits per heavy atom. The summed E-state index contributed by atoms with van der Waals surface area (Å²) in [5.74, 6) is -0.843. The van der Waals surface area contributed by atoms with Crippen LogP contribution in [-0.4, -0.2) is 28.7 Å². The van der Waals surface area contributed by atoms with Crippen molar-refractivity contribution in [3.05, 3.63) is 64.9 Å². The number of hydrogen-bond acceptors (Lipinski definition) is 4. The van der Waals surface area contributed by atoms with Crippen molar-refractivity contribution in [3.8, 4) is 0 Å². The second kappa shape index (κ2) is 7.91. The van der Waals surface area contributed by atoms with Crippen LogP contribution in [0.15, 0.2) is 48.2 Å². The molecule has 150 valence electrons. The van der Waals surface area contributed by atoms with Crippen molar-refractivity contribution < 1.29 is 14.4 Å². The summed E-state index contributed by atoms with van der Waals surface area (Å²) >= 11 is 0. The quantitative estimate of drug-likeness (QED) is 0.759. The van der Waals surface area contributed by atoms with Crippen molar-refractivity contribution in [3.63, 3.8) is 0 Å². The maximum absolute atomic E-state index is 13.1. The Bertz CT molecular complexity index is 1020. The van der Waals surface area contributed by atoms with Gasteiger partial charge in [0.25, 0.3) is 11.8 Å². The number of carbonyl (C=O) groups excluding carboxylic acids is 3. The molecule has 0 saturated heterocycles. The molecule has 6 heteroatoms. The maximum atomic E-state index is 13.1. The molecule has 2 N–H and O–H groups in total. The second-order valence-corrected chi connectivity index (χ2v) is 7.46. The SMILES string of the molecule is CC(=O)Nc1ccc(C2=C(Nc3cccc(C)c3C)C(=O)N(C(C)C)C2=O)cc1. The van der Waals surface area contributed by atoms with Gasteiger partial charge in [0.05, 0.1) is 5.57 Å². The Hall–Kier alpha value is -3.41. The zero-order valence-electron chi connectivity index (χ0n) is 17.3. The third kappa shape index (κ3) is 3.92. The highest BCUT2D eigenvalue weighted by molar-refractivity contribution is 6.36. The highest BCUT2D eigenvalue weighted by Gasteiger charge is 2.40. The van der Waals surface area contributed by atoms with Crippen molar-refractivity contribution in [2.24, 2.45) is 0 Å². The molecule has 3 rings (SSSR count). The average molecular weight is 391 g/mol. The summed E-state index contributed by atoms with van der Waals surface area (Å²) in [5, 5.41) is 5.91. The standard InChI is InChI=1S/C23H25N3O3/c1-13(2)26-22(28)20(17-9-11-18(12-10-17)24-16(5)27)21(23(26)29)25-19-8-6-7-14(3)15(19)4/h6-13,25H,1-5H3,(H,24,27). The number of nitrogens with zero attached hydrogens (tertiary/aromatic N) is 1. The van der Waals surface area contributed by atoms with Gasteiger partial charge in [-0.25, -0.2) is 0 Å². The summed E-state index contributed by atoms with van der Waals surface area (Å²) < 4.78 is 0. The molecule has 6 nitrogen and oxygen atoms in total. The number of hydrogen-bond donors (Lipinski definition) is 2. The number of aryl methyl sites for hydroxylation is 1. The fraction of sp³-hybridized carbons (Fsp3) is 0.261. The van der Waals surface area contributed by atoms with Gasteiger partial charge < -0.3 is 10.6 Å². The average Bonchev–Trinajstić information content (AvgIpc) is 2.89. The first-order valence-corrected chi connectivity index (χ1v) is 9.54. The van der Waals surface area contributed by atoms with E-state index < -0.39 is 0 Å². The molecule has 1 heterocycles. The third-order valence-electron chi connectivity index (χ3n) is 4.99. The monoisotopic (exact) mass is 391 g/mol. The third-order valence-corrected chi connectivity index (χ3v) is 4.99. The van der Waals surface area contributed by atoms with Gasteiger partial charge in [-0.05, 0) is 62.6 Å². The van der Waals surface area contributed by atoms with E-state index in [1.165, 1.54) is 11.8 Å². The molecule has 2 aromatic rings. The Kier molecular flexibility index (Phi) is 5.55. The molecular formula is C23H25N3O3. The molecular weight excluding hydrogens is 366 g/mol.